The second-order valence-corrected chi connectivity index (χ2v) is 2.57. The molecule has 0 atom stereocenters. The number of carbonyl (C=O) groups excluding carboxylic acids is 1. The fourth-order valence-corrected chi connectivity index (χ4v) is 0.385. The van der Waals surface area contributed by atoms with Gasteiger partial charge >= 0.3 is 0 Å². The van der Waals surface area contributed by atoms with Crippen LogP contribution < -0.4 is 0 Å². The van der Waals surface area contributed by atoms with E-state index in [1.165, 1.54) is 11.8 Å². The highest BCUT2D eigenvalue weighted by molar-refractivity contribution is 5.72. The van der Waals surface area contributed by atoms with Crippen LogP contribution in [0.25, 0.3) is 0 Å². The molecule has 0 saturated carbocycles. The standard InChI is InChI=1S/C6H6.C4H9NO.C2H6/c1-2-4-6-5-3-1;1-4(6)5(2)3;1-2/h1-6H;1-3H3;1-2H3. The number of amides is 1. The molecule has 0 saturated heterocycles. The van der Waals surface area contributed by atoms with Crippen LogP contribution in [0.15, 0.2) is 36.4 Å². The lowest BCUT2D eigenvalue weighted by Crippen LogP contribution is -2.17. The predicted octanol–water partition coefficient (Wildman–Crippen LogP) is 2.81. The van der Waals surface area contributed by atoms with Gasteiger partial charge in [0, 0.05) is 21.0 Å². The lowest BCUT2D eigenvalue weighted by Gasteiger charge is -2.02. The van der Waals surface area contributed by atoms with Crippen LogP contribution in [0.2, 0.25) is 0 Å². The Hall–Kier alpha value is -1.31. The smallest absolute Gasteiger partial charge is 0.218 e. The number of hydrogen-bond donors (Lipinski definition) is 0. The Bertz CT molecular complexity index is 180. The molecule has 1 aromatic carbocycles. The molecule has 0 radical (unpaired) electrons. The van der Waals surface area contributed by atoms with Crippen molar-refractivity contribution in [3.63, 3.8) is 0 Å². The van der Waals surface area contributed by atoms with Crippen LogP contribution in [0.3, 0.4) is 0 Å². The molecule has 2 heteroatoms. The molecule has 1 aromatic rings. The Morgan fingerprint density at radius 3 is 1.07 bits per heavy atom. The number of benzene rings is 1. The van der Waals surface area contributed by atoms with Crippen LogP contribution in [0.5, 0.6) is 0 Å². The van der Waals surface area contributed by atoms with Crippen molar-refractivity contribution < 1.29 is 4.79 Å². The van der Waals surface area contributed by atoms with Gasteiger partial charge in [-0.2, -0.15) is 0 Å². The van der Waals surface area contributed by atoms with Crippen molar-refractivity contribution in [3.8, 4) is 0 Å². The minimum Gasteiger partial charge on any atom is -0.349 e. The van der Waals surface area contributed by atoms with Crippen LogP contribution in [-0.2, 0) is 4.79 Å². The van der Waals surface area contributed by atoms with Crippen molar-refractivity contribution in [2.45, 2.75) is 20.8 Å². The van der Waals surface area contributed by atoms with Gasteiger partial charge in [-0.25, -0.2) is 0 Å². The molecular formula is C12H21NO. The van der Waals surface area contributed by atoms with Gasteiger partial charge in [0.1, 0.15) is 0 Å². The summed E-state index contributed by atoms with van der Waals surface area (Å²) in [7, 11) is 3.45. The maximum absolute atomic E-state index is 10.1. The summed E-state index contributed by atoms with van der Waals surface area (Å²) in [5.74, 6) is 0.0926. The van der Waals surface area contributed by atoms with E-state index in [-0.39, 0.29) is 5.91 Å². The van der Waals surface area contributed by atoms with Crippen molar-refractivity contribution in [3.05, 3.63) is 36.4 Å². The summed E-state index contributed by atoms with van der Waals surface area (Å²) in [6, 6.07) is 12.0. The minimum atomic E-state index is 0.0926. The second-order valence-electron chi connectivity index (χ2n) is 2.57. The van der Waals surface area contributed by atoms with Crippen molar-refractivity contribution >= 4 is 5.91 Å². The lowest BCUT2D eigenvalue weighted by molar-refractivity contribution is -0.126. The molecule has 0 bridgehead atoms. The summed E-state index contributed by atoms with van der Waals surface area (Å²) in [6.07, 6.45) is 0. The fraction of sp³-hybridized carbons (Fsp3) is 0.417. The molecule has 0 heterocycles. The van der Waals surface area contributed by atoms with Gasteiger partial charge in [-0.3, -0.25) is 4.79 Å². The van der Waals surface area contributed by atoms with Crippen molar-refractivity contribution in [1.29, 1.82) is 0 Å². The molecule has 0 unspecified atom stereocenters. The first-order valence-corrected chi connectivity index (χ1v) is 4.82. The summed E-state index contributed by atoms with van der Waals surface area (Å²) < 4.78 is 0. The van der Waals surface area contributed by atoms with Crippen molar-refractivity contribution in [2.75, 3.05) is 14.1 Å². The topological polar surface area (TPSA) is 20.3 Å². The highest BCUT2D eigenvalue weighted by Gasteiger charge is 1.87. The Morgan fingerprint density at radius 2 is 1.00 bits per heavy atom. The van der Waals surface area contributed by atoms with Crippen LogP contribution in [0.1, 0.15) is 20.8 Å². The van der Waals surface area contributed by atoms with E-state index in [1.807, 2.05) is 50.2 Å². The van der Waals surface area contributed by atoms with E-state index in [2.05, 4.69) is 0 Å². The number of nitrogens with zero attached hydrogens (tertiary/aromatic N) is 1. The Balaban J connectivity index is 0. The van der Waals surface area contributed by atoms with Gasteiger partial charge in [0.05, 0.1) is 0 Å². The van der Waals surface area contributed by atoms with E-state index >= 15 is 0 Å². The SMILES string of the molecule is CC.CC(=O)N(C)C.c1ccccc1. The number of rotatable bonds is 0. The zero-order chi connectivity index (χ0) is 11.4. The van der Waals surface area contributed by atoms with Crippen molar-refractivity contribution in [1.82, 2.24) is 4.90 Å². The van der Waals surface area contributed by atoms with Crippen LogP contribution in [-0.4, -0.2) is 24.9 Å². The van der Waals surface area contributed by atoms with Gasteiger partial charge in [-0.1, -0.05) is 50.2 Å². The average Bonchev–Trinajstić information content (AvgIpc) is 2.24. The summed E-state index contributed by atoms with van der Waals surface area (Å²) in [5.41, 5.74) is 0. The van der Waals surface area contributed by atoms with E-state index in [0.717, 1.165) is 0 Å². The first-order chi connectivity index (χ1) is 6.64. The Labute approximate surface area is 87.6 Å². The molecule has 0 spiro atoms. The fourth-order valence-electron chi connectivity index (χ4n) is 0.385. The maximum Gasteiger partial charge on any atom is 0.218 e. The predicted molar refractivity (Wildman–Crippen MR) is 62.2 cm³/mol. The summed E-state index contributed by atoms with van der Waals surface area (Å²) in [4.78, 5) is 11.6. The minimum absolute atomic E-state index is 0.0926. The molecule has 1 rings (SSSR count). The second kappa shape index (κ2) is 11.7. The van der Waals surface area contributed by atoms with Crippen LogP contribution in [0, 0.1) is 0 Å². The Kier molecular flexibility index (Phi) is 12.7. The lowest BCUT2D eigenvalue weighted by atomic mass is 10.4. The monoisotopic (exact) mass is 195 g/mol. The van der Waals surface area contributed by atoms with Gasteiger partial charge in [0.25, 0.3) is 0 Å². The summed E-state index contributed by atoms with van der Waals surface area (Å²) in [5, 5.41) is 0. The first-order valence-electron chi connectivity index (χ1n) is 4.82. The highest BCUT2D eigenvalue weighted by Crippen LogP contribution is 1.79. The maximum atomic E-state index is 10.1. The molecule has 1 amide bonds. The first kappa shape index (κ1) is 15.2. The highest BCUT2D eigenvalue weighted by atomic mass is 16.2. The third-order valence-electron chi connectivity index (χ3n) is 1.30. The molecule has 0 aliphatic carbocycles. The van der Waals surface area contributed by atoms with E-state index in [1.54, 1.807) is 14.1 Å². The molecule has 0 aromatic heterocycles. The quantitative estimate of drug-likeness (QED) is 0.623. The van der Waals surface area contributed by atoms with E-state index in [0.29, 0.717) is 0 Å². The molecular weight excluding hydrogens is 174 g/mol. The zero-order valence-electron chi connectivity index (χ0n) is 9.82. The van der Waals surface area contributed by atoms with Gasteiger partial charge < -0.3 is 4.90 Å². The Morgan fingerprint density at radius 1 is 0.857 bits per heavy atom. The van der Waals surface area contributed by atoms with E-state index < -0.39 is 0 Å². The zero-order valence-corrected chi connectivity index (χ0v) is 9.82. The molecule has 2 nitrogen and oxygen atoms in total. The van der Waals surface area contributed by atoms with Crippen LogP contribution >= 0.6 is 0 Å². The van der Waals surface area contributed by atoms with E-state index in [4.69, 9.17) is 0 Å². The molecule has 0 aliphatic heterocycles. The third-order valence-corrected chi connectivity index (χ3v) is 1.30. The molecule has 0 fully saturated rings. The van der Waals surface area contributed by atoms with Crippen molar-refractivity contribution in [2.24, 2.45) is 0 Å². The normalized spacial score (nSPS) is 7.21. The van der Waals surface area contributed by atoms with Gasteiger partial charge in [-0.05, 0) is 0 Å². The van der Waals surface area contributed by atoms with Crippen LogP contribution in [0.4, 0.5) is 0 Å². The molecule has 0 N–H and O–H groups in total. The molecule has 0 aliphatic rings. The average molecular weight is 195 g/mol. The van der Waals surface area contributed by atoms with Gasteiger partial charge in [0.2, 0.25) is 5.91 Å². The summed E-state index contributed by atoms with van der Waals surface area (Å²) in [6.45, 7) is 5.53. The summed E-state index contributed by atoms with van der Waals surface area (Å²) >= 11 is 0. The molecule has 14 heavy (non-hydrogen) atoms. The van der Waals surface area contributed by atoms with E-state index in [9.17, 15) is 4.79 Å². The molecule has 80 valence electrons. The van der Waals surface area contributed by atoms with Gasteiger partial charge in [0.15, 0.2) is 0 Å². The number of carbonyl (C=O) groups is 1. The largest absolute Gasteiger partial charge is 0.349 e. The third kappa shape index (κ3) is 13.3. The van der Waals surface area contributed by atoms with Gasteiger partial charge in [-0.15, -0.1) is 0 Å². The number of hydrogen-bond acceptors (Lipinski definition) is 1.